The second-order valence-corrected chi connectivity index (χ2v) is 4.91. The van der Waals surface area contributed by atoms with Crippen LogP contribution < -0.4 is 0 Å². The minimum Gasteiger partial charge on any atom is -0.481 e. The molecule has 0 bridgehead atoms. The van der Waals surface area contributed by atoms with Gasteiger partial charge in [-0.2, -0.15) is 0 Å². The minimum absolute atomic E-state index is 0.0844. The molecule has 1 rings (SSSR count). The highest BCUT2D eigenvalue weighted by Gasteiger charge is 2.37. The second-order valence-electron chi connectivity index (χ2n) is 4.11. The number of amides is 2. The molecule has 17 heavy (non-hydrogen) atoms. The van der Waals surface area contributed by atoms with Crippen LogP contribution in [0.5, 0.6) is 0 Å². The Morgan fingerprint density at radius 2 is 2.12 bits per heavy atom. The first kappa shape index (κ1) is 14.2. The van der Waals surface area contributed by atoms with E-state index in [1.54, 1.807) is 0 Å². The number of rotatable bonds is 7. The molecule has 0 saturated carbocycles. The van der Waals surface area contributed by atoms with Gasteiger partial charge in [0.2, 0.25) is 11.8 Å². The topological polar surface area (TPSA) is 74.7 Å². The summed E-state index contributed by atoms with van der Waals surface area (Å²) in [5, 5.41) is 9.18. The molecule has 96 valence electrons. The monoisotopic (exact) mass is 305 g/mol. The van der Waals surface area contributed by atoms with Crippen LogP contribution in [0.3, 0.4) is 0 Å². The Morgan fingerprint density at radius 1 is 1.41 bits per heavy atom. The van der Waals surface area contributed by atoms with Crippen molar-refractivity contribution in [2.24, 2.45) is 5.92 Å². The van der Waals surface area contributed by atoms with Gasteiger partial charge in [-0.1, -0.05) is 15.9 Å². The van der Waals surface area contributed by atoms with E-state index in [1.807, 2.05) is 0 Å². The molecule has 0 spiro atoms. The van der Waals surface area contributed by atoms with Crippen molar-refractivity contribution in [1.82, 2.24) is 4.90 Å². The number of carbonyl (C=O) groups excluding carboxylic acids is 2. The van der Waals surface area contributed by atoms with Gasteiger partial charge in [0.1, 0.15) is 0 Å². The molecule has 6 heteroatoms. The van der Waals surface area contributed by atoms with Crippen molar-refractivity contribution in [2.75, 3.05) is 11.9 Å². The van der Waals surface area contributed by atoms with Gasteiger partial charge in [0.05, 0.1) is 0 Å². The normalized spacial score (nSPS) is 20.1. The Bertz CT molecular complexity index is 319. The molecule has 2 amide bonds. The third kappa shape index (κ3) is 4.11. The Kier molecular flexibility index (Phi) is 5.61. The van der Waals surface area contributed by atoms with E-state index in [1.165, 1.54) is 4.90 Å². The fraction of sp³-hybridized carbons (Fsp3) is 0.727. The van der Waals surface area contributed by atoms with Crippen LogP contribution in [0, 0.1) is 5.92 Å². The molecule has 1 N–H and O–H groups in total. The third-order valence-corrected chi connectivity index (χ3v) is 3.28. The molecule has 0 aromatic rings. The van der Waals surface area contributed by atoms with Crippen molar-refractivity contribution in [3.63, 3.8) is 0 Å². The minimum atomic E-state index is -0.846. The number of nitrogens with zero attached hydrogens (tertiary/aromatic N) is 1. The van der Waals surface area contributed by atoms with E-state index in [4.69, 9.17) is 5.11 Å². The van der Waals surface area contributed by atoms with Crippen molar-refractivity contribution in [2.45, 2.75) is 32.1 Å². The van der Waals surface area contributed by atoms with Crippen LogP contribution in [0.15, 0.2) is 0 Å². The largest absolute Gasteiger partial charge is 0.481 e. The summed E-state index contributed by atoms with van der Waals surface area (Å²) >= 11 is 3.26. The lowest BCUT2D eigenvalue weighted by molar-refractivity contribution is -0.139. The SMILES string of the molecule is O=C(O)CCCCN1C(=O)CC(CCBr)C1=O. The van der Waals surface area contributed by atoms with Gasteiger partial charge in [0.25, 0.3) is 0 Å². The van der Waals surface area contributed by atoms with Gasteiger partial charge in [0.15, 0.2) is 0 Å². The number of imide groups is 1. The molecule has 1 aliphatic rings. The molecule has 1 atom stereocenters. The molecule has 5 nitrogen and oxygen atoms in total. The van der Waals surface area contributed by atoms with Gasteiger partial charge in [0, 0.05) is 30.6 Å². The van der Waals surface area contributed by atoms with Gasteiger partial charge in [-0.15, -0.1) is 0 Å². The lowest BCUT2D eigenvalue weighted by atomic mass is 10.1. The summed E-state index contributed by atoms with van der Waals surface area (Å²) in [7, 11) is 0. The molecule has 0 aromatic carbocycles. The maximum Gasteiger partial charge on any atom is 0.303 e. The number of aliphatic carboxylic acids is 1. The van der Waals surface area contributed by atoms with E-state index < -0.39 is 5.97 Å². The Balaban J connectivity index is 2.35. The molecule has 0 aliphatic carbocycles. The zero-order valence-corrected chi connectivity index (χ0v) is 11.1. The molecular formula is C11H16BrNO4. The van der Waals surface area contributed by atoms with Crippen LogP contribution >= 0.6 is 15.9 Å². The second kappa shape index (κ2) is 6.74. The Hall–Kier alpha value is -0.910. The lowest BCUT2D eigenvalue weighted by Gasteiger charge is -2.14. The van der Waals surface area contributed by atoms with Crippen LogP contribution in [0.4, 0.5) is 0 Å². The predicted molar refractivity (Wildman–Crippen MR) is 64.7 cm³/mol. The van der Waals surface area contributed by atoms with Crippen LogP contribution in [0.2, 0.25) is 0 Å². The number of carboxylic acid groups (broad SMARTS) is 1. The number of unbranched alkanes of at least 4 members (excludes halogenated alkanes) is 1. The number of likely N-dealkylation sites (tertiary alicyclic amines) is 1. The van der Waals surface area contributed by atoms with E-state index in [0.29, 0.717) is 37.6 Å². The number of hydrogen-bond acceptors (Lipinski definition) is 3. The fourth-order valence-electron chi connectivity index (χ4n) is 1.89. The number of carbonyl (C=O) groups is 3. The highest BCUT2D eigenvalue weighted by atomic mass is 79.9. The first-order valence-electron chi connectivity index (χ1n) is 5.68. The number of carboxylic acids is 1. The summed E-state index contributed by atoms with van der Waals surface area (Å²) in [5.41, 5.74) is 0. The van der Waals surface area contributed by atoms with Gasteiger partial charge < -0.3 is 5.11 Å². The van der Waals surface area contributed by atoms with Gasteiger partial charge in [-0.3, -0.25) is 19.3 Å². The number of hydrogen-bond donors (Lipinski definition) is 1. The predicted octanol–water partition coefficient (Wildman–Crippen LogP) is 1.40. The Morgan fingerprint density at radius 3 is 2.71 bits per heavy atom. The zero-order valence-electron chi connectivity index (χ0n) is 9.52. The van der Waals surface area contributed by atoms with Gasteiger partial charge in [-0.05, 0) is 19.3 Å². The van der Waals surface area contributed by atoms with Crippen molar-refractivity contribution in [3.05, 3.63) is 0 Å². The molecule has 0 aromatic heterocycles. The Labute approximate surface area is 108 Å². The first-order chi connectivity index (χ1) is 8.06. The molecule has 1 aliphatic heterocycles. The van der Waals surface area contributed by atoms with Crippen molar-refractivity contribution in [3.8, 4) is 0 Å². The smallest absolute Gasteiger partial charge is 0.303 e. The summed E-state index contributed by atoms with van der Waals surface area (Å²) in [4.78, 5) is 35.0. The first-order valence-corrected chi connectivity index (χ1v) is 6.80. The highest BCUT2D eigenvalue weighted by molar-refractivity contribution is 9.09. The summed E-state index contributed by atoms with van der Waals surface area (Å²) in [5.74, 6) is -1.27. The fourth-order valence-corrected chi connectivity index (χ4v) is 2.44. The van der Waals surface area contributed by atoms with Crippen LogP contribution in [-0.4, -0.2) is 39.7 Å². The molecule has 1 heterocycles. The van der Waals surface area contributed by atoms with E-state index in [2.05, 4.69) is 15.9 Å². The average molecular weight is 306 g/mol. The van der Waals surface area contributed by atoms with Crippen molar-refractivity contribution < 1.29 is 19.5 Å². The molecule has 1 saturated heterocycles. The zero-order chi connectivity index (χ0) is 12.8. The third-order valence-electron chi connectivity index (χ3n) is 2.82. The van der Waals surface area contributed by atoms with Crippen LogP contribution in [0.1, 0.15) is 32.1 Å². The molecule has 1 fully saturated rings. The number of halogens is 1. The molecule has 1 unspecified atom stereocenters. The lowest BCUT2D eigenvalue weighted by Crippen LogP contribution is -2.31. The number of alkyl halides is 1. The van der Waals surface area contributed by atoms with E-state index in [0.717, 1.165) is 0 Å². The van der Waals surface area contributed by atoms with Crippen LogP contribution in [0.25, 0.3) is 0 Å². The van der Waals surface area contributed by atoms with E-state index in [9.17, 15) is 14.4 Å². The molecular weight excluding hydrogens is 290 g/mol. The quantitative estimate of drug-likeness (QED) is 0.438. The van der Waals surface area contributed by atoms with Gasteiger partial charge in [-0.25, -0.2) is 0 Å². The van der Waals surface area contributed by atoms with Crippen molar-refractivity contribution in [1.29, 1.82) is 0 Å². The average Bonchev–Trinajstić information content (AvgIpc) is 2.51. The van der Waals surface area contributed by atoms with Crippen LogP contribution in [-0.2, 0) is 14.4 Å². The molecule has 0 radical (unpaired) electrons. The van der Waals surface area contributed by atoms with E-state index in [-0.39, 0.29) is 24.2 Å². The van der Waals surface area contributed by atoms with Crippen molar-refractivity contribution >= 4 is 33.7 Å². The maximum atomic E-state index is 11.8. The summed E-state index contributed by atoms with van der Waals surface area (Å²) in [6, 6.07) is 0. The summed E-state index contributed by atoms with van der Waals surface area (Å²) in [6.07, 6.45) is 2.11. The highest BCUT2D eigenvalue weighted by Crippen LogP contribution is 2.23. The summed E-state index contributed by atoms with van der Waals surface area (Å²) in [6.45, 7) is 0.351. The summed E-state index contributed by atoms with van der Waals surface area (Å²) < 4.78 is 0. The maximum absolute atomic E-state index is 11.8. The standard InChI is InChI=1S/C11H16BrNO4/c12-5-4-8-7-9(14)13(11(8)17)6-2-1-3-10(15)16/h8H,1-7H2,(H,15,16). The van der Waals surface area contributed by atoms with E-state index >= 15 is 0 Å². The van der Waals surface area contributed by atoms with Gasteiger partial charge >= 0.3 is 5.97 Å².